The summed E-state index contributed by atoms with van der Waals surface area (Å²) in [5.41, 5.74) is -0.157. The smallest absolute Gasteiger partial charge is 0.269 e. The first kappa shape index (κ1) is 10.6. The number of halogens is 2. The van der Waals surface area contributed by atoms with Crippen molar-refractivity contribution in [3.05, 3.63) is 29.0 Å². The number of hydrogen-bond acceptors (Lipinski definition) is 3. The van der Waals surface area contributed by atoms with Gasteiger partial charge in [0.2, 0.25) is 0 Å². The van der Waals surface area contributed by atoms with Crippen LogP contribution in [-0.2, 0) is 9.59 Å². The van der Waals surface area contributed by atoms with Crippen LogP contribution < -0.4 is 10.2 Å². The van der Waals surface area contributed by atoms with E-state index in [0.717, 1.165) is 12.1 Å². The van der Waals surface area contributed by atoms with Gasteiger partial charge in [-0.05, 0) is 18.2 Å². The second-order valence-corrected chi connectivity index (χ2v) is 3.40. The van der Waals surface area contributed by atoms with Gasteiger partial charge in [-0.25, -0.2) is 14.1 Å². The predicted octanol–water partition coefficient (Wildman–Crippen LogP) is 1.06. The molecule has 82 valence electrons. The number of amides is 4. The average molecular weight is 243 g/mol. The molecule has 5 nitrogen and oxygen atoms in total. The first-order valence-corrected chi connectivity index (χ1v) is 4.53. The molecule has 0 atom stereocenters. The summed E-state index contributed by atoms with van der Waals surface area (Å²) in [5.74, 6) is -2.82. The number of carbonyl (C=O) groups excluding carboxylic acids is 3. The molecule has 7 heteroatoms. The molecule has 1 aromatic rings. The highest BCUT2D eigenvalue weighted by Gasteiger charge is 2.39. The van der Waals surface area contributed by atoms with Crippen molar-refractivity contribution in [2.45, 2.75) is 0 Å². The molecule has 1 aromatic carbocycles. The zero-order valence-electron chi connectivity index (χ0n) is 7.66. The fourth-order valence-electron chi connectivity index (χ4n) is 1.28. The van der Waals surface area contributed by atoms with Gasteiger partial charge < -0.3 is 0 Å². The topological polar surface area (TPSA) is 66.5 Å². The Labute approximate surface area is 93.8 Å². The van der Waals surface area contributed by atoms with Crippen LogP contribution in [0.5, 0.6) is 0 Å². The summed E-state index contributed by atoms with van der Waals surface area (Å²) in [6, 6.07) is 2.22. The van der Waals surface area contributed by atoms with Gasteiger partial charge in [0.1, 0.15) is 5.82 Å². The Hall–Kier alpha value is -1.95. The zero-order valence-corrected chi connectivity index (χ0v) is 8.42. The van der Waals surface area contributed by atoms with Crippen molar-refractivity contribution >= 4 is 35.1 Å². The van der Waals surface area contributed by atoms with Crippen LogP contribution >= 0.6 is 11.6 Å². The predicted molar refractivity (Wildman–Crippen MR) is 52.4 cm³/mol. The van der Waals surface area contributed by atoms with E-state index in [4.69, 9.17) is 11.6 Å². The molecule has 1 fully saturated rings. The van der Waals surface area contributed by atoms with E-state index in [0.29, 0.717) is 4.90 Å². The monoisotopic (exact) mass is 242 g/mol. The maximum Gasteiger partial charge on any atom is 0.336 e. The first-order chi connectivity index (χ1) is 7.50. The third kappa shape index (κ3) is 1.53. The van der Waals surface area contributed by atoms with Crippen molar-refractivity contribution in [2.75, 3.05) is 4.90 Å². The van der Waals surface area contributed by atoms with Crippen LogP contribution in [0.4, 0.5) is 14.9 Å². The molecule has 1 heterocycles. The lowest BCUT2D eigenvalue weighted by molar-refractivity contribution is -0.134. The van der Waals surface area contributed by atoms with Crippen molar-refractivity contribution in [3.63, 3.8) is 0 Å². The average Bonchev–Trinajstić information content (AvgIpc) is 2.46. The number of carbonyl (C=O) groups is 3. The van der Waals surface area contributed by atoms with Crippen LogP contribution in [0, 0.1) is 5.82 Å². The molecule has 0 aromatic heterocycles. The molecule has 16 heavy (non-hydrogen) atoms. The van der Waals surface area contributed by atoms with E-state index in [1.54, 1.807) is 5.32 Å². The Bertz CT molecular complexity index is 517. The summed E-state index contributed by atoms with van der Waals surface area (Å²) in [5, 5.41) is 1.78. The molecular weight excluding hydrogens is 239 g/mol. The van der Waals surface area contributed by atoms with Crippen molar-refractivity contribution in [3.8, 4) is 0 Å². The Balaban J connectivity index is 2.52. The number of anilines is 1. The number of nitrogens with zero attached hydrogens (tertiary/aromatic N) is 1. The molecule has 1 aliphatic heterocycles. The molecule has 2 rings (SSSR count). The number of nitrogens with one attached hydrogen (secondary N) is 1. The lowest BCUT2D eigenvalue weighted by atomic mass is 10.3. The van der Waals surface area contributed by atoms with E-state index in [1.165, 1.54) is 6.07 Å². The van der Waals surface area contributed by atoms with Crippen molar-refractivity contribution in [1.29, 1.82) is 0 Å². The minimum absolute atomic E-state index is 0.000370. The Morgan fingerprint density at radius 3 is 2.50 bits per heavy atom. The normalized spacial score (nSPS) is 15.6. The summed E-state index contributed by atoms with van der Waals surface area (Å²) in [4.78, 5) is 33.9. The van der Waals surface area contributed by atoms with Gasteiger partial charge in [0.25, 0.3) is 0 Å². The van der Waals surface area contributed by atoms with Crippen molar-refractivity contribution < 1.29 is 18.8 Å². The minimum Gasteiger partial charge on any atom is -0.269 e. The molecule has 1 N–H and O–H groups in total. The number of imide groups is 2. The van der Waals surface area contributed by atoms with Crippen molar-refractivity contribution in [2.24, 2.45) is 0 Å². The van der Waals surface area contributed by atoms with E-state index in [9.17, 15) is 18.8 Å². The molecule has 0 aliphatic carbocycles. The highest BCUT2D eigenvalue weighted by molar-refractivity contribution is 6.53. The van der Waals surface area contributed by atoms with Gasteiger partial charge >= 0.3 is 17.8 Å². The van der Waals surface area contributed by atoms with Gasteiger partial charge in [-0.15, -0.1) is 0 Å². The molecular formula is C9H4ClFN2O3. The molecule has 0 bridgehead atoms. The van der Waals surface area contributed by atoms with Crippen LogP contribution in [0.25, 0.3) is 0 Å². The molecule has 1 saturated heterocycles. The van der Waals surface area contributed by atoms with E-state index >= 15 is 0 Å². The Morgan fingerprint density at radius 2 is 1.94 bits per heavy atom. The first-order valence-electron chi connectivity index (χ1n) is 4.15. The second kappa shape index (κ2) is 3.57. The van der Waals surface area contributed by atoms with Gasteiger partial charge in [0, 0.05) is 0 Å². The molecule has 0 radical (unpaired) electrons. The summed E-state index contributed by atoms with van der Waals surface area (Å²) < 4.78 is 12.9. The van der Waals surface area contributed by atoms with Gasteiger partial charge in [0.05, 0.1) is 10.7 Å². The maximum atomic E-state index is 12.9. The molecule has 0 unspecified atom stereocenters. The second-order valence-electron chi connectivity index (χ2n) is 3.00. The van der Waals surface area contributed by atoms with Crippen LogP contribution in [0.15, 0.2) is 18.2 Å². The third-order valence-electron chi connectivity index (χ3n) is 1.97. The lowest BCUT2D eigenvalue weighted by Crippen LogP contribution is -2.31. The number of hydrogen-bond donors (Lipinski definition) is 1. The highest BCUT2D eigenvalue weighted by Crippen LogP contribution is 2.28. The van der Waals surface area contributed by atoms with Crippen molar-refractivity contribution in [1.82, 2.24) is 5.32 Å². The summed E-state index contributed by atoms with van der Waals surface area (Å²) in [7, 11) is 0. The Kier molecular flexibility index (Phi) is 2.35. The standard InChI is InChI=1S/C9H4ClFN2O3/c10-5-2-1-4(11)3-6(5)13-8(15)7(14)12-9(13)16/h1-3H,(H,12,14,16). The fraction of sp³-hybridized carbons (Fsp3) is 0. The maximum absolute atomic E-state index is 12.9. The van der Waals surface area contributed by atoms with Gasteiger partial charge in [-0.2, -0.15) is 0 Å². The van der Waals surface area contributed by atoms with Crippen LogP contribution in [-0.4, -0.2) is 17.8 Å². The third-order valence-corrected chi connectivity index (χ3v) is 2.29. The molecule has 0 saturated carbocycles. The highest BCUT2D eigenvalue weighted by atomic mass is 35.5. The van der Waals surface area contributed by atoms with Crippen LogP contribution in [0.1, 0.15) is 0 Å². The van der Waals surface area contributed by atoms with E-state index < -0.39 is 23.7 Å². The SMILES string of the molecule is O=C1NC(=O)N(c2cc(F)ccc2Cl)C1=O. The minimum atomic E-state index is -1.09. The Morgan fingerprint density at radius 1 is 1.25 bits per heavy atom. The molecule has 0 spiro atoms. The van der Waals surface area contributed by atoms with E-state index in [-0.39, 0.29) is 10.7 Å². The number of urea groups is 1. The largest absolute Gasteiger partial charge is 0.336 e. The summed E-state index contributed by atoms with van der Waals surface area (Å²) >= 11 is 5.70. The summed E-state index contributed by atoms with van der Waals surface area (Å²) in [6.45, 7) is 0. The van der Waals surface area contributed by atoms with E-state index in [2.05, 4.69) is 0 Å². The number of rotatable bonds is 1. The summed E-state index contributed by atoms with van der Waals surface area (Å²) in [6.07, 6.45) is 0. The van der Waals surface area contributed by atoms with Crippen LogP contribution in [0.3, 0.4) is 0 Å². The van der Waals surface area contributed by atoms with E-state index in [1.807, 2.05) is 0 Å². The molecule has 4 amide bonds. The quantitative estimate of drug-likeness (QED) is 0.592. The zero-order chi connectivity index (χ0) is 11.9. The number of benzene rings is 1. The van der Waals surface area contributed by atoms with Gasteiger partial charge in [0.15, 0.2) is 0 Å². The fourth-order valence-corrected chi connectivity index (χ4v) is 1.48. The van der Waals surface area contributed by atoms with Gasteiger partial charge in [-0.1, -0.05) is 11.6 Å². The van der Waals surface area contributed by atoms with Gasteiger partial charge in [-0.3, -0.25) is 14.9 Å². The molecule has 1 aliphatic rings. The lowest BCUT2D eigenvalue weighted by Gasteiger charge is -2.12. The van der Waals surface area contributed by atoms with Crippen LogP contribution in [0.2, 0.25) is 5.02 Å².